The molecule has 0 saturated carbocycles. The third kappa shape index (κ3) is 6.56. The molecule has 0 amide bonds. The van der Waals surface area contributed by atoms with E-state index in [0.717, 1.165) is 12.8 Å². The lowest BCUT2D eigenvalue weighted by atomic mass is 10.2. The van der Waals surface area contributed by atoms with E-state index in [4.69, 9.17) is 5.11 Å². The first kappa shape index (κ1) is 11.2. The molecule has 0 radical (unpaired) electrons. The van der Waals surface area contributed by atoms with Crippen LogP contribution in [0.5, 0.6) is 0 Å². The molecule has 0 rings (SSSR count). The van der Waals surface area contributed by atoms with Crippen LogP contribution in [0, 0.1) is 0 Å². The molecule has 0 fully saturated rings. The average Bonchev–Trinajstić information content (AvgIpc) is 1.86. The van der Waals surface area contributed by atoms with Gasteiger partial charge in [-0.15, -0.1) is 0 Å². The van der Waals surface area contributed by atoms with Crippen molar-refractivity contribution in [2.24, 2.45) is 0 Å². The smallest absolute Gasteiger partial charge is 0.330 e. The fraction of sp³-hybridized carbons (Fsp3) is 0.571. The van der Waals surface area contributed by atoms with E-state index < -0.39 is 5.97 Å². The summed E-state index contributed by atoms with van der Waals surface area (Å²) in [6, 6.07) is 0. The molecule has 1 N–H and O–H groups in total. The van der Waals surface area contributed by atoms with Gasteiger partial charge in [0.05, 0.1) is 3.74 Å². The van der Waals surface area contributed by atoms with Crippen molar-refractivity contribution in [2.45, 2.75) is 23.5 Å². The maximum Gasteiger partial charge on any atom is 0.330 e. The van der Waals surface area contributed by atoms with Crippen molar-refractivity contribution in [3.8, 4) is 0 Å². The lowest BCUT2D eigenvalue weighted by Crippen LogP contribution is -1.96. The molecule has 0 aliphatic carbocycles. The lowest BCUT2D eigenvalue weighted by Gasteiger charge is -1.96. The van der Waals surface area contributed by atoms with Crippen LogP contribution in [-0.4, -0.2) is 14.8 Å². The fourth-order valence-electron chi connectivity index (χ4n) is 0.513. The molecule has 0 aromatic rings. The van der Waals surface area contributed by atoms with Crippen LogP contribution in [-0.2, 0) is 4.79 Å². The Morgan fingerprint density at radius 3 is 2.55 bits per heavy atom. The largest absolute Gasteiger partial charge is 0.478 e. The highest BCUT2D eigenvalue weighted by atomic mass is 79.9. The van der Waals surface area contributed by atoms with E-state index in [-0.39, 0.29) is 3.74 Å². The molecule has 0 spiro atoms. The zero-order chi connectivity index (χ0) is 8.85. The van der Waals surface area contributed by atoms with Crippen molar-refractivity contribution in [1.29, 1.82) is 0 Å². The number of allylic oxidation sites excluding steroid dienone is 1. The Kier molecular flexibility index (Phi) is 5.86. The Morgan fingerprint density at radius 2 is 2.18 bits per heavy atom. The number of rotatable bonds is 4. The monoisotopic (exact) mass is 284 g/mol. The van der Waals surface area contributed by atoms with Crippen LogP contribution in [0.15, 0.2) is 11.6 Å². The normalized spacial score (nSPS) is 12.2. The van der Waals surface area contributed by atoms with Crippen molar-refractivity contribution in [1.82, 2.24) is 0 Å². The van der Waals surface area contributed by atoms with Crippen LogP contribution in [0.2, 0.25) is 0 Å². The first-order valence-electron chi connectivity index (χ1n) is 3.22. The molecule has 2 nitrogen and oxygen atoms in total. The molecule has 4 heteroatoms. The van der Waals surface area contributed by atoms with Crippen molar-refractivity contribution in [3.63, 3.8) is 0 Å². The zero-order valence-electron chi connectivity index (χ0n) is 6.18. The zero-order valence-corrected chi connectivity index (χ0v) is 9.35. The van der Waals surface area contributed by atoms with Gasteiger partial charge >= 0.3 is 5.97 Å². The van der Waals surface area contributed by atoms with Gasteiger partial charge < -0.3 is 5.11 Å². The van der Waals surface area contributed by atoms with Gasteiger partial charge in [-0.3, -0.25) is 0 Å². The van der Waals surface area contributed by atoms with Crippen LogP contribution >= 0.6 is 31.9 Å². The van der Waals surface area contributed by atoms with Crippen molar-refractivity contribution in [3.05, 3.63) is 11.6 Å². The molecule has 11 heavy (non-hydrogen) atoms. The maximum absolute atomic E-state index is 10.3. The van der Waals surface area contributed by atoms with Gasteiger partial charge in [0.2, 0.25) is 0 Å². The van der Waals surface area contributed by atoms with Gasteiger partial charge in [0, 0.05) is 5.57 Å². The molecule has 0 bridgehead atoms. The molecule has 0 heterocycles. The summed E-state index contributed by atoms with van der Waals surface area (Å²) in [6.45, 7) is 1.60. The second-order valence-electron chi connectivity index (χ2n) is 2.16. The van der Waals surface area contributed by atoms with Gasteiger partial charge in [0.1, 0.15) is 0 Å². The quantitative estimate of drug-likeness (QED) is 0.637. The Labute approximate surface area is 82.9 Å². The van der Waals surface area contributed by atoms with Crippen molar-refractivity contribution < 1.29 is 9.90 Å². The summed E-state index contributed by atoms with van der Waals surface area (Å²) >= 11 is 6.60. The summed E-state index contributed by atoms with van der Waals surface area (Å²) in [5, 5.41) is 8.46. The summed E-state index contributed by atoms with van der Waals surface area (Å²) in [5.41, 5.74) is 0.408. The van der Waals surface area contributed by atoms with Crippen molar-refractivity contribution in [2.75, 3.05) is 0 Å². The van der Waals surface area contributed by atoms with E-state index in [0.29, 0.717) is 5.57 Å². The van der Waals surface area contributed by atoms with E-state index >= 15 is 0 Å². The van der Waals surface area contributed by atoms with Crippen LogP contribution in [0.4, 0.5) is 0 Å². The summed E-state index contributed by atoms with van der Waals surface area (Å²) in [7, 11) is 0. The molecular weight excluding hydrogens is 276 g/mol. The SMILES string of the molecule is CC(=CCCC(Br)Br)C(=O)O. The number of carboxylic acids is 1. The molecule has 0 aromatic carbocycles. The summed E-state index contributed by atoms with van der Waals surface area (Å²) in [6.07, 6.45) is 3.39. The Balaban J connectivity index is 3.65. The highest BCUT2D eigenvalue weighted by Gasteiger charge is 1.99. The average molecular weight is 286 g/mol. The number of carbonyl (C=O) groups is 1. The highest BCUT2D eigenvalue weighted by Crippen LogP contribution is 2.15. The third-order valence-electron chi connectivity index (χ3n) is 1.17. The van der Waals surface area contributed by atoms with Crippen LogP contribution < -0.4 is 0 Å². The molecule has 0 unspecified atom stereocenters. The van der Waals surface area contributed by atoms with Gasteiger partial charge in [-0.05, 0) is 19.8 Å². The maximum atomic E-state index is 10.3. The molecular formula is C7H10Br2O2. The molecule has 0 aromatic heterocycles. The first-order chi connectivity index (χ1) is 5.04. The predicted molar refractivity (Wildman–Crippen MR) is 52.3 cm³/mol. The minimum absolute atomic E-state index is 0.271. The van der Waals surface area contributed by atoms with Crippen LogP contribution in [0.25, 0.3) is 0 Å². The number of hydrogen-bond acceptors (Lipinski definition) is 1. The van der Waals surface area contributed by atoms with Gasteiger partial charge in [-0.25, -0.2) is 4.79 Å². The number of aliphatic carboxylic acids is 1. The third-order valence-corrected chi connectivity index (χ3v) is 2.09. The minimum atomic E-state index is -0.842. The van der Waals surface area contributed by atoms with E-state index in [1.54, 1.807) is 13.0 Å². The number of hydrogen-bond donors (Lipinski definition) is 1. The minimum Gasteiger partial charge on any atom is -0.478 e. The second-order valence-corrected chi connectivity index (χ2v) is 5.60. The standard InChI is InChI=1S/C7H10Br2O2/c1-5(7(10)11)3-2-4-6(8)9/h3,6H,2,4H2,1H3,(H,10,11). The molecule has 64 valence electrons. The lowest BCUT2D eigenvalue weighted by molar-refractivity contribution is -0.132. The second kappa shape index (κ2) is 5.77. The summed E-state index contributed by atoms with van der Waals surface area (Å²) < 4.78 is 0.271. The number of carboxylic acid groups (broad SMARTS) is 1. The molecule has 0 atom stereocenters. The molecule has 0 aliphatic heterocycles. The fourth-order valence-corrected chi connectivity index (χ4v) is 1.04. The summed E-state index contributed by atoms with van der Waals surface area (Å²) in [5.74, 6) is -0.842. The topological polar surface area (TPSA) is 37.3 Å². The predicted octanol–water partition coefficient (Wildman–Crippen LogP) is 2.91. The van der Waals surface area contributed by atoms with Gasteiger partial charge in [-0.2, -0.15) is 0 Å². The van der Waals surface area contributed by atoms with Gasteiger partial charge in [0.25, 0.3) is 0 Å². The number of halogens is 2. The first-order valence-corrected chi connectivity index (χ1v) is 5.05. The van der Waals surface area contributed by atoms with Crippen LogP contribution in [0.1, 0.15) is 19.8 Å². The van der Waals surface area contributed by atoms with E-state index in [2.05, 4.69) is 31.9 Å². The summed E-state index contributed by atoms with van der Waals surface area (Å²) in [4.78, 5) is 10.3. The van der Waals surface area contributed by atoms with E-state index in [9.17, 15) is 4.79 Å². The van der Waals surface area contributed by atoms with Gasteiger partial charge in [0.15, 0.2) is 0 Å². The Hall–Kier alpha value is 0.170. The van der Waals surface area contributed by atoms with Gasteiger partial charge in [-0.1, -0.05) is 37.9 Å². The van der Waals surface area contributed by atoms with E-state index in [1.165, 1.54) is 0 Å². The molecule has 0 aliphatic rings. The molecule has 0 saturated heterocycles. The Bertz CT molecular complexity index is 164. The van der Waals surface area contributed by atoms with E-state index in [1.807, 2.05) is 0 Å². The van der Waals surface area contributed by atoms with Crippen LogP contribution in [0.3, 0.4) is 0 Å². The number of alkyl halides is 2. The Morgan fingerprint density at radius 1 is 1.64 bits per heavy atom. The van der Waals surface area contributed by atoms with Crippen molar-refractivity contribution >= 4 is 37.8 Å². The highest BCUT2D eigenvalue weighted by molar-refractivity contribution is 9.24.